The predicted octanol–water partition coefficient (Wildman–Crippen LogP) is 5.19. The van der Waals surface area contributed by atoms with Gasteiger partial charge in [-0.05, 0) is 63.5 Å². The molecule has 0 aromatic heterocycles. The molecule has 2 rings (SSSR count). The number of β-amino-alcohol motifs (C(OH)–C–C–N with tert-alkyl or cyclic N) is 1. The monoisotopic (exact) mass is 433 g/mol. The van der Waals surface area contributed by atoms with Crippen molar-refractivity contribution >= 4 is 5.97 Å². The first-order chi connectivity index (χ1) is 14.7. The summed E-state index contributed by atoms with van der Waals surface area (Å²) in [4.78, 5) is 10.5. The summed E-state index contributed by atoms with van der Waals surface area (Å²) in [5.74, 6) is -2.90. The number of halogens is 2. The molecule has 170 valence electrons. The molecular weight excluding hydrogens is 400 g/mol. The highest BCUT2D eigenvalue weighted by Crippen LogP contribution is 2.24. The summed E-state index contributed by atoms with van der Waals surface area (Å²) < 4.78 is 28.9. The molecule has 0 aliphatic rings. The van der Waals surface area contributed by atoms with Gasteiger partial charge < -0.3 is 15.5 Å². The van der Waals surface area contributed by atoms with Gasteiger partial charge in [0, 0.05) is 24.1 Å². The molecule has 0 unspecified atom stereocenters. The third kappa shape index (κ3) is 8.38. The van der Waals surface area contributed by atoms with Crippen molar-refractivity contribution in [3.63, 3.8) is 0 Å². The molecule has 2 aromatic rings. The quantitative estimate of drug-likeness (QED) is 0.381. The Morgan fingerprint density at radius 1 is 1.00 bits per heavy atom. The number of hydrogen-bond donors (Lipinski definition) is 3. The van der Waals surface area contributed by atoms with E-state index in [0.29, 0.717) is 12.8 Å². The van der Waals surface area contributed by atoms with Crippen LogP contribution in [0.4, 0.5) is 8.78 Å². The van der Waals surface area contributed by atoms with E-state index in [0.717, 1.165) is 19.3 Å². The lowest BCUT2D eigenvalue weighted by Crippen LogP contribution is -2.41. The van der Waals surface area contributed by atoms with E-state index < -0.39 is 23.7 Å². The maximum absolute atomic E-state index is 14.5. The average Bonchev–Trinajstić information content (AvgIpc) is 2.73. The summed E-state index contributed by atoms with van der Waals surface area (Å²) in [6.07, 6.45) is 2.78. The SMILES string of the molecule is CC(C)(CCCc1ccccc1)NC[C@@H](O)c1ccc(CCCCC(=O)O)c(F)c1F. The highest BCUT2D eigenvalue weighted by Gasteiger charge is 2.22. The average molecular weight is 434 g/mol. The van der Waals surface area contributed by atoms with Gasteiger partial charge >= 0.3 is 5.97 Å². The number of carbonyl (C=O) groups is 1. The van der Waals surface area contributed by atoms with Gasteiger partial charge in [-0.2, -0.15) is 0 Å². The van der Waals surface area contributed by atoms with Crippen LogP contribution in [0.25, 0.3) is 0 Å². The second-order valence-corrected chi connectivity index (χ2v) is 8.66. The van der Waals surface area contributed by atoms with Crippen LogP contribution in [0.1, 0.15) is 68.7 Å². The Kier molecular flexibility index (Phi) is 9.59. The number of benzene rings is 2. The van der Waals surface area contributed by atoms with Crippen LogP contribution in [0.3, 0.4) is 0 Å². The van der Waals surface area contributed by atoms with Crippen molar-refractivity contribution in [1.29, 1.82) is 0 Å². The lowest BCUT2D eigenvalue weighted by Gasteiger charge is -2.28. The second-order valence-electron chi connectivity index (χ2n) is 8.66. The van der Waals surface area contributed by atoms with E-state index in [9.17, 15) is 18.7 Å². The first kappa shape index (κ1) is 25.0. The van der Waals surface area contributed by atoms with Crippen LogP contribution in [0, 0.1) is 11.6 Å². The van der Waals surface area contributed by atoms with Crippen LogP contribution < -0.4 is 5.32 Å². The van der Waals surface area contributed by atoms with Gasteiger partial charge in [-0.3, -0.25) is 4.79 Å². The molecule has 0 aliphatic carbocycles. The number of carboxylic acid groups (broad SMARTS) is 1. The minimum atomic E-state index is -1.16. The third-order valence-corrected chi connectivity index (χ3v) is 5.52. The molecule has 0 saturated heterocycles. The zero-order valence-corrected chi connectivity index (χ0v) is 18.3. The van der Waals surface area contributed by atoms with Crippen molar-refractivity contribution in [2.24, 2.45) is 0 Å². The number of carboxylic acids is 1. The molecule has 31 heavy (non-hydrogen) atoms. The Morgan fingerprint density at radius 3 is 2.39 bits per heavy atom. The van der Waals surface area contributed by atoms with E-state index in [1.165, 1.54) is 17.7 Å². The summed E-state index contributed by atoms with van der Waals surface area (Å²) >= 11 is 0. The van der Waals surface area contributed by atoms with Crippen molar-refractivity contribution in [1.82, 2.24) is 5.32 Å². The van der Waals surface area contributed by atoms with Gasteiger partial charge in [0.1, 0.15) is 0 Å². The summed E-state index contributed by atoms with van der Waals surface area (Å²) in [6.45, 7) is 4.18. The molecule has 0 fully saturated rings. The smallest absolute Gasteiger partial charge is 0.303 e. The molecular formula is C25H33F2NO3. The van der Waals surface area contributed by atoms with Gasteiger partial charge in [-0.25, -0.2) is 8.78 Å². The predicted molar refractivity (Wildman–Crippen MR) is 118 cm³/mol. The lowest BCUT2D eigenvalue weighted by atomic mass is 9.94. The Bertz CT molecular complexity index is 840. The Morgan fingerprint density at radius 2 is 1.71 bits per heavy atom. The molecule has 0 heterocycles. The highest BCUT2D eigenvalue weighted by molar-refractivity contribution is 5.66. The molecule has 0 radical (unpaired) electrons. The molecule has 2 aromatic carbocycles. The van der Waals surface area contributed by atoms with Crippen molar-refractivity contribution in [2.45, 2.75) is 70.4 Å². The Balaban J connectivity index is 1.85. The van der Waals surface area contributed by atoms with E-state index in [4.69, 9.17) is 5.11 Å². The summed E-state index contributed by atoms with van der Waals surface area (Å²) in [7, 11) is 0. The maximum atomic E-state index is 14.5. The van der Waals surface area contributed by atoms with Gasteiger partial charge in [0.15, 0.2) is 11.6 Å². The topological polar surface area (TPSA) is 69.6 Å². The molecule has 0 amide bonds. The number of aliphatic carboxylic acids is 1. The standard InChI is InChI=1S/C25H33F2NO3/c1-25(2,16-8-11-18-9-4-3-5-10-18)28-17-21(29)20-15-14-19(23(26)24(20)27)12-6-7-13-22(30)31/h3-5,9-10,14-15,21,28-29H,6-8,11-13,16-17H2,1-2H3,(H,30,31)/t21-/m1/s1. The Hall–Kier alpha value is -2.31. The lowest BCUT2D eigenvalue weighted by molar-refractivity contribution is -0.137. The molecule has 4 nitrogen and oxygen atoms in total. The Labute approximate surface area is 183 Å². The third-order valence-electron chi connectivity index (χ3n) is 5.52. The minimum Gasteiger partial charge on any atom is -0.481 e. The zero-order valence-electron chi connectivity index (χ0n) is 18.3. The van der Waals surface area contributed by atoms with Crippen molar-refractivity contribution < 1.29 is 23.8 Å². The number of nitrogens with one attached hydrogen (secondary N) is 1. The fourth-order valence-electron chi connectivity index (χ4n) is 3.60. The van der Waals surface area contributed by atoms with E-state index in [1.807, 2.05) is 32.0 Å². The van der Waals surface area contributed by atoms with Crippen molar-refractivity contribution in [3.05, 3.63) is 70.8 Å². The summed E-state index contributed by atoms with van der Waals surface area (Å²) in [6, 6.07) is 13.1. The van der Waals surface area contributed by atoms with Gasteiger partial charge in [0.2, 0.25) is 0 Å². The van der Waals surface area contributed by atoms with Gasteiger partial charge in [0.05, 0.1) is 6.10 Å². The first-order valence-electron chi connectivity index (χ1n) is 10.8. The van der Waals surface area contributed by atoms with Crippen molar-refractivity contribution in [3.8, 4) is 0 Å². The fraction of sp³-hybridized carbons (Fsp3) is 0.480. The number of hydrogen-bond acceptors (Lipinski definition) is 3. The van der Waals surface area contributed by atoms with Gasteiger partial charge in [-0.1, -0.05) is 42.5 Å². The first-order valence-corrected chi connectivity index (χ1v) is 10.8. The van der Waals surface area contributed by atoms with E-state index in [1.54, 1.807) is 0 Å². The molecule has 1 atom stereocenters. The van der Waals surface area contributed by atoms with Gasteiger partial charge in [-0.15, -0.1) is 0 Å². The maximum Gasteiger partial charge on any atom is 0.303 e. The number of aryl methyl sites for hydroxylation is 2. The largest absolute Gasteiger partial charge is 0.481 e. The zero-order chi connectivity index (χ0) is 22.9. The molecule has 0 spiro atoms. The molecule has 0 saturated carbocycles. The number of aliphatic hydroxyl groups is 1. The van der Waals surface area contributed by atoms with E-state index >= 15 is 0 Å². The molecule has 0 bridgehead atoms. The van der Waals surface area contributed by atoms with Crippen LogP contribution in [-0.4, -0.2) is 28.3 Å². The van der Waals surface area contributed by atoms with Crippen LogP contribution >= 0.6 is 0 Å². The van der Waals surface area contributed by atoms with Crippen LogP contribution in [0.15, 0.2) is 42.5 Å². The molecule has 0 aliphatic heterocycles. The fourth-order valence-corrected chi connectivity index (χ4v) is 3.60. The van der Waals surface area contributed by atoms with Crippen LogP contribution in [-0.2, 0) is 17.6 Å². The molecule has 6 heteroatoms. The molecule has 3 N–H and O–H groups in total. The second kappa shape index (κ2) is 11.9. The van der Waals surface area contributed by atoms with Crippen molar-refractivity contribution in [2.75, 3.05) is 6.54 Å². The minimum absolute atomic E-state index is 0.00764. The summed E-state index contributed by atoms with van der Waals surface area (Å²) in [5, 5.41) is 22.3. The van der Waals surface area contributed by atoms with E-state index in [2.05, 4.69) is 17.4 Å². The number of rotatable bonds is 13. The van der Waals surface area contributed by atoms with Crippen LogP contribution in [0.2, 0.25) is 0 Å². The van der Waals surface area contributed by atoms with Crippen LogP contribution in [0.5, 0.6) is 0 Å². The highest BCUT2D eigenvalue weighted by atomic mass is 19.2. The van der Waals surface area contributed by atoms with E-state index in [-0.39, 0.29) is 36.1 Å². The summed E-state index contributed by atoms with van der Waals surface area (Å²) in [5.41, 5.74) is 1.15. The van der Waals surface area contributed by atoms with Gasteiger partial charge in [0.25, 0.3) is 0 Å². The number of unbranched alkanes of at least 4 members (excludes halogenated alkanes) is 1. The number of aliphatic hydroxyl groups excluding tert-OH is 1. The normalized spacial score (nSPS) is 12.7.